The van der Waals surface area contributed by atoms with Gasteiger partial charge in [0, 0.05) is 11.0 Å². The van der Waals surface area contributed by atoms with Crippen molar-refractivity contribution in [2.75, 3.05) is 14.2 Å². The Morgan fingerprint density at radius 2 is 1.94 bits per heavy atom. The molecule has 2 aromatic rings. The van der Waals surface area contributed by atoms with Crippen molar-refractivity contribution in [2.24, 2.45) is 11.8 Å². The van der Waals surface area contributed by atoms with Crippen molar-refractivity contribution in [3.63, 3.8) is 0 Å². The van der Waals surface area contributed by atoms with Crippen molar-refractivity contribution in [1.82, 2.24) is 0 Å². The summed E-state index contributed by atoms with van der Waals surface area (Å²) in [4.78, 5) is 12.9. The van der Waals surface area contributed by atoms with Gasteiger partial charge in [-0.05, 0) is 79.5 Å². The average Bonchev–Trinajstić information content (AvgIpc) is 3.14. The second-order valence-corrected chi connectivity index (χ2v) is 9.09. The summed E-state index contributed by atoms with van der Waals surface area (Å²) in [5.74, 6) is 3.79. The molecule has 3 aliphatic carbocycles. The van der Waals surface area contributed by atoms with E-state index in [0.29, 0.717) is 28.9 Å². The molecule has 1 fully saturated rings. The van der Waals surface area contributed by atoms with Crippen LogP contribution < -0.4 is 14.2 Å². The van der Waals surface area contributed by atoms with Crippen LogP contribution in [0.1, 0.15) is 47.2 Å². The molecule has 4 atom stereocenters. The van der Waals surface area contributed by atoms with Crippen LogP contribution in [-0.2, 0) is 16.6 Å². The summed E-state index contributed by atoms with van der Waals surface area (Å²) in [7, 11) is 3.29. The fourth-order valence-corrected chi connectivity index (χ4v) is 6.60. The van der Waals surface area contributed by atoms with Gasteiger partial charge in [-0.1, -0.05) is 12.5 Å². The van der Waals surface area contributed by atoms with Crippen molar-refractivity contribution in [1.29, 1.82) is 0 Å². The largest absolute Gasteiger partial charge is 0.497 e. The van der Waals surface area contributed by atoms with Crippen molar-refractivity contribution < 1.29 is 23.7 Å². The predicted molar refractivity (Wildman–Crippen MR) is 115 cm³/mol. The van der Waals surface area contributed by atoms with Crippen LogP contribution in [0.2, 0.25) is 0 Å². The molecule has 1 heterocycles. The first-order chi connectivity index (χ1) is 15.2. The summed E-state index contributed by atoms with van der Waals surface area (Å²) in [6.07, 6.45) is 7.34. The Balaban J connectivity index is 1.39. The van der Waals surface area contributed by atoms with Crippen molar-refractivity contribution >= 4 is 5.97 Å². The van der Waals surface area contributed by atoms with Crippen molar-refractivity contribution in [3.8, 4) is 17.2 Å². The second kappa shape index (κ2) is 6.78. The van der Waals surface area contributed by atoms with Gasteiger partial charge < -0.3 is 18.9 Å². The standard InChI is InChI=1S/C26H26O5/c1-28-18-8-5-15(6-9-18)25(27)30-21-12-10-19-16-4-3-13-26(19)22-17(14-16)7-11-20(29-2)23(22)31-24(21)26/h5-9,11-12,16,19,24H,3-4,10,13-14H2,1-2H3. The number of esters is 1. The normalized spacial score (nSPS) is 29.4. The topological polar surface area (TPSA) is 54.0 Å². The van der Waals surface area contributed by atoms with Gasteiger partial charge in [-0.2, -0.15) is 0 Å². The highest BCUT2D eigenvalue weighted by Gasteiger charge is 2.63. The Kier molecular flexibility index (Phi) is 4.11. The third kappa shape index (κ3) is 2.52. The van der Waals surface area contributed by atoms with Crippen LogP contribution in [0, 0.1) is 11.8 Å². The molecule has 0 aromatic heterocycles. The zero-order valence-electron chi connectivity index (χ0n) is 17.9. The number of ether oxygens (including phenoxy) is 4. The number of carbonyl (C=O) groups excluding carboxylic acids is 1. The van der Waals surface area contributed by atoms with E-state index < -0.39 is 0 Å². The number of hydrogen-bond donors (Lipinski definition) is 0. The highest BCUT2D eigenvalue weighted by atomic mass is 16.6. The van der Waals surface area contributed by atoms with Crippen LogP contribution in [0.25, 0.3) is 0 Å². The van der Waals surface area contributed by atoms with Gasteiger partial charge in [0.15, 0.2) is 17.6 Å². The first kappa shape index (κ1) is 18.8. The number of rotatable bonds is 4. The molecule has 1 saturated carbocycles. The van der Waals surface area contributed by atoms with E-state index in [2.05, 4.69) is 12.1 Å². The first-order valence-electron chi connectivity index (χ1n) is 11.1. The lowest BCUT2D eigenvalue weighted by Crippen LogP contribution is -2.55. The van der Waals surface area contributed by atoms with Crippen LogP contribution in [0.4, 0.5) is 0 Å². The third-order valence-electron chi connectivity index (χ3n) is 7.84. The summed E-state index contributed by atoms with van der Waals surface area (Å²) < 4.78 is 23.4. The highest BCUT2D eigenvalue weighted by molar-refractivity contribution is 5.90. The van der Waals surface area contributed by atoms with Crippen LogP contribution in [-0.4, -0.2) is 26.3 Å². The summed E-state index contributed by atoms with van der Waals surface area (Å²) in [5, 5.41) is 0. The molecule has 2 aromatic carbocycles. The maximum absolute atomic E-state index is 12.9. The summed E-state index contributed by atoms with van der Waals surface area (Å²) >= 11 is 0. The van der Waals surface area contributed by atoms with Gasteiger partial charge in [0.1, 0.15) is 11.5 Å². The molecular formula is C26H26O5. The number of benzene rings is 2. The summed E-state index contributed by atoms with van der Waals surface area (Å²) in [5.41, 5.74) is 3.07. The van der Waals surface area contributed by atoms with Crippen molar-refractivity contribution in [2.45, 2.75) is 43.6 Å². The van der Waals surface area contributed by atoms with Crippen molar-refractivity contribution in [3.05, 3.63) is 64.9 Å². The Labute approximate surface area is 182 Å². The molecule has 4 aliphatic rings. The Morgan fingerprint density at radius 3 is 2.71 bits per heavy atom. The smallest absolute Gasteiger partial charge is 0.343 e. The van der Waals surface area contributed by atoms with E-state index in [1.165, 1.54) is 24.0 Å². The molecule has 160 valence electrons. The molecule has 0 saturated heterocycles. The quantitative estimate of drug-likeness (QED) is 0.667. The average molecular weight is 418 g/mol. The van der Waals surface area contributed by atoms with E-state index in [9.17, 15) is 4.79 Å². The fourth-order valence-electron chi connectivity index (χ4n) is 6.60. The fraction of sp³-hybridized carbons (Fsp3) is 0.423. The molecule has 1 aliphatic heterocycles. The monoisotopic (exact) mass is 418 g/mol. The van der Waals surface area contributed by atoms with E-state index in [1.54, 1.807) is 38.5 Å². The van der Waals surface area contributed by atoms with E-state index in [1.807, 2.05) is 6.07 Å². The molecule has 2 bridgehead atoms. The van der Waals surface area contributed by atoms with Gasteiger partial charge in [0.25, 0.3) is 0 Å². The number of hydrogen-bond acceptors (Lipinski definition) is 5. The molecule has 1 spiro atoms. The molecule has 0 amide bonds. The van der Waals surface area contributed by atoms with Gasteiger partial charge in [0.2, 0.25) is 0 Å². The highest BCUT2D eigenvalue weighted by Crippen LogP contribution is 2.65. The SMILES string of the molecule is COc1ccc(C(=O)OC2=CCC3C4CCCC35c3c(ccc(OC)c3OC25)C4)cc1. The molecule has 6 rings (SSSR count). The predicted octanol–water partition coefficient (Wildman–Crippen LogP) is 4.82. The Bertz CT molecular complexity index is 1090. The molecule has 0 N–H and O–H groups in total. The van der Waals surface area contributed by atoms with E-state index in [0.717, 1.165) is 30.8 Å². The Hall–Kier alpha value is -2.95. The van der Waals surface area contributed by atoms with E-state index >= 15 is 0 Å². The summed E-state index contributed by atoms with van der Waals surface area (Å²) in [6, 6.07) is 11.2. The molecule has 31 heavy (non-hydrogen) atoms. The zero-order chi connectivity index (χ0) is 21.2. The Morgan fingerprint density at radius 1 is 1.10 bits per heavy atom. The molecule has 4 unspecified atom stereocenters. The van der Waals surface area contributed by atoms with Gasteiger partial charge in [-0.3, -0.25) is 0 Å². The molecule has 0 radical (unpaired) electrons. The van der Waals surface area contributed by atoms with Crippen LogP contribution in [0.5, 0.6) is 17.2 Å². The van der Waals surface area contributed by atoms with E-state index in [-0.39, 0.29) is 17.5 Å². The van der Waals surface area contributed by atoms with Crippen LogP contribution >= 0.6 is 0 Å². The van der Waals surface area contributed by atoms with Crippen LogP contribution in [0.3, 0.4) is 0 Å². The minimum atomic E-state index is -0.362. The van der Waals surface area contributed by atoms with Crippen LogP contribution in [0.15, 0.2) is 48.2 Å². The number of carbonyl (C=O) groups is 1. The number of methoxy groups -OCH3 is 2. The summed E-state index contributed by atoms with van der Waals surface area (Å²) in [6.45, 7) is 0. The van der Waals surface area contributed by atoms with E-state index in [4.69, 9.17) is 18.9 Å². The number of allylic oxidation sites excluding steroid dienone is 1. The minimum Gasteiger partial charge on any atom is -0.497 e. The second-order valence-electron chi connectivity index (χ2n) is 9.09. The maximum Gasteiger partial charge on any atom is 0.343 e. The van der Waals surface area contributed by atoms with Gasteiger partial charge in [0.05, 0.1) is 19.8 Å². The molecular weight excluding hydrogens is 392 g/mol. The lowest BCUT2D eigenvalue weighted by atomic mass is 9.49. The van der Waals surface area contributed by atoms with Gasteiger partial charge in [-0.25, -0.2) is 4.79 Å². The van der Waals surface area contributed by atoms with Gasteiger partial charge >= 0.3 is 5.97 Å². The lowest BCUT2D eigenvalue weighted by Gasteiger charge is -2.53. The molecule has 5 heteroatoms. The minimum absolute atomic E-state index is 0.120. The molecule has 5 nitrogen and oxygen atoms in total. The van der Waals surface area contributed by atoms with Gasteiger partial charge in [-0.15, -0.1) is 0 Å². The lowest BCUT2D eigenvalue weighted by molar-refractivity contribution is -0.00133. The third-order valence-corrected chi connectivity index (χ3v) is 7.84. The zero-order valence-corrected chi connectivity index (χ0v) is 17.9. The first-order valence-corrected chi connectivity index (χ1v) is 11.1. The maximum atomic E-state index is 12.9.